The predicted molar refractivity (Wildman–Crippen MR) is 78.5 cm³/mol. The molecular formula is C13H19N7. The predicted octanol–water partition coefficient (Wildman–Crippen LogP) is 1.10. The van der Waals surface area contributed by atoms with E-state index < -0.39 is 0 Å². The number of nitrogens with two attached hydrogens (primary N) is 1. The lowest BCUT2D eigenvalue weighted by Crippen LogP contribution is -2.34. The minimum absolute atomic E-state index is 0.301. The molecule has 0 aromatic carbocycles. The molecule has 3 heterocycles. The molecule has 1 aliphatic rings. The Morgan fingerprint density at radius 1 is 1.35 bits per heavy atom. The molecule has 3 rings (SSSR count). The Balaban J connectivity index is 1.82. The fourth-order valence-corrected chi connectivity index (χ4v) is 2.33. The standard InChI is InChI=1S/C13H19N7/c1-2-3-15-10-8-11(18-13(14)17-10)20-7-6-19-5-4-16-12(19)9-20/h4-5,8H,2-3,6-7,9H2,1H3,(H3,14,15,17,18). The van der Waals surface area contributed by atoms with Crippen molar-refractivity contribution in [2.75, 3.05) is 29.0 Å². The first-order valence-corrected chi connectivity index (χ1v) is 6.89. The quantitative estimate of drug-likeness (QED) is 0.867. The monoisotopic (exact) mass is 273 g/mol. The third-order valence-electron chi connectivity index (χ3n) is 3.35. The van der Waals surface area contributed by atoms with E-state index in [1.807, 2.05) is 18.5 Å². The normalized spacial score (nSPS) is 14.2. The zero-order chi connectivity index (χ0) is 13.9. The molecule has 0 unspecified atom stereocenters. The van der Waals surface area contributed by atoms with Gasteiger partial charge in [-0.1, -0.05) is 6.92 Å². The molecular weight excluding hydrogens is 254 g/mol. The summed E-state index contributed by atoms with van der Waals surface area (Å²) in [6.07, 6.45) is 4.89. The van der Waals surface area contributed by atoms with Gasteiger partial charge in [0.05, 0.1) is 6.54 Å². The van der Waals surface area contributed by atoms with Gasteiger partial charge in [-0.25, -0.2) is 4.98 Å². The number of rotatable bonds is 4. The summed E-state index contributed by atoms with van der Waals surface area (Å²) in [7, 11) is 0. The largest absolute Gasteiger partial charge is 0.370 e. The van der Waals surface area contributed by atoms with Crippen molar-refractivity contribution in [3.05, 3.63) is 24.3 Å². The highest BCUT2D eigenvalue weighted by Gasteiger charge is 2.18. The second kappa shape index (κ2) is 5.36. The Hall–Kier alpha value is -2.31. The lowest BCUT2D eigenvalue weighted by Gasteiger charge is -2.28. The van der Waals surface area contributed by atoms with Crippen LogP contribution in [-0.2, 0) is 13.1 Å². The smallest absolute Gasteiger partial charge is 0.223 e. The van der Waals surface area contributed by atoms with Crippen LogP contribution in [0, 0.1) is 0 Å². The van der Waals surface area contributed by atoms with Crippen LogP contribution in [0.5, 0.6) is 0 Å². The van der Waals surface area contributed by atoms with Crippen LogP contribution in [0.2, 0.25) is 0 Å². The van der Waals surface area contributed by atoms with E-state index in [4.69, 9.17) is 5.73 Å². The van der Waals surface area contributed by atoms with Crippen molar-refractivity contribution in [1.82, 2.24) is 19.5 Å². The summed E-state index contributed by atoms with van der Waals surface area (Å²) in [5.41, 5.74) is 5.80. The highest BCUT2D eigenvalue weighted by atomic mass is 15.3. The van der Waals surface area contributed by atoms with Crippen LogP contribution in [0.4, 0.5) is 17.6 Å². The number of nitrogen functional groups attached to an aromatic ring is 1. The van der Waals surface area contributed by atoms with Gasteiger partial charge in [-0.3, -0.25) is 0 Å². The number of hydrogen-bond donors (Lipinski definition) is 2. The molecule has 0 saturated heterocycles. The van der Waals surface area contributed by atoms with E-state index in [0.717, 1.165) is 50.1 Å². The van der Waals surface area contributed by atoms with Gasteiger partial charge in [-0.2, -0.15) is 9.97 Å². The maximum Gasteiger partial charge on any atom is 0.223 e. The molecule has 0 bridgehead atoms. The zero-order valence-corrected chi connectivity index (χ0v) is 11.6. The summed E-state index contributed by atoms with van der Waals surface area (Å²) in [5.74, 6) is 2.99. The highest BCUT2D eigenvalue weighted by Crippen LogP contribution is 2.21. The van der Waals surface area contributed by atoms with Crippen LogP contribution in [0.15, 0.2) is 18.5 Å². The van der Waals surface area contributed by atoms with Gasteiger partial charge in [0, 0.05) is 38.1 Å². The van der Waals surface area contributed by atoms with Crippen LogP contribution in [0.1, 0.15) is 19.2 Å². The zero-order valence-electron chi connectivity index (χ0n) is 11.6. The van der Waals surface area contributed by atoms with Gasteiger partial charge in [0.15, 0.2) is 0 Å². The van der Waals surface area contributed by atoms with Gasteiger partial charge in [-0.15, -0.1) is 0 Å². The Labute approximate surface area is 117 Å². The topological polar surface area (TPSA) is 84.9 Å². The molecule has 2 aromatic rings. The van der Waals surface area contributed by atoms with Crippen LogP contribution in [0.25, 0.3) is 0 Å². The second-order valence-corrected chi connectivity index (χ2v) is 4.85. The van der Waals surface area contributed by atoms with Gasteiger partial charge < -0.3 is 20.5 Å². The minimum Gasteiger partial charge on any atom is -0.370 e. The summed E-state index contributed by atoms with van der Waals surface area (Å²) in [4.78, 5) is 15.1. The molecule has 0 spiro atoms. The number of aromatic nitrogens is 4. The maximum absolute atomic E-state index is 5.80. The van der Waals surface area contributed by atoms with Gasteiger partial charge in [-0.05, 0) is 6.42 Å². The van der Waals surface area contributed by atoms with Crippen molar-refractivity contribution in [1.29, 1.82) is 0 Å². The molecule has 0 fully saturated rings. The molecule has 7 nitrogen and oxygen atoms in total. The summed E-state index contributed by atoms with van der Waals surface area (Å²) in [6.45, 7) is 5.55. The molecule has 0 amide bonds. The molecule has 0 aliphatic carbocycles. The number of fused-ring (bicyclic) bond motifs is 1. The summed E-state index contributed by atoms with van der Waals surface area (Å²) in [5, 5.41) is 3.25. The maximum atomic E-state index is 5.80. The third-order valence-corrected chi connectivity index (χ3v) is 3.35. The molecule has 7 heteroatoms. The van der Waals surface area contributed by atoms with Crippen molar-refractivity contribution in [2.24, 2.45) is 0 Å². The third kappa shape index (κ3) is 2.52. The van der Waals surface area contributed by atoms with Crippen LogP contribution < -0.4 is 16.0 Å². The van der Waals surface area contributed by atoms with Crippen LogP contribution in [0.3, 0.4) is 0 Å². The first-order valence-electron chi connectivity index (χ1n) is 6.89. The van der Waals surface area contributed by atoms with Gasteiger partial charge in [0.2, 0.25) is 5.95 Å². The lowest BCUT2D eigenvalue weighted by molar-refractivity contribution is 0.556. The number of nitrogens with zero attached hydrogens (tertiary/aromatic N) is 5. The van der Waals surface area contributed by atoms with E-state index >= 15 is 0 Å². The van der Waals surface area contributed by atoms with E-state index in [-0.39, 0.29) is 0 Å². The molecule has 0 radical (unpaired) electrons. The van der Waals surface area contributed by atoms with Crippen molar-refractivity contribution in [3.63, 3.8) is 0 Å². The first kappa shape index (κ1) is 12.7. The molecule has 106 valence electrons. The van der Waals surface area contributed by atoms with E-state index in [1.54, 1.807) is 0 Å². The van der Waals surface area contributed by atoms with E-state index in [2.05, 4.69) is 36.7 Å². The SMILES string of the molecule is CCCNc1cc(N2CCn3ccnc3C2)nc(N)n1. The van der Waals surface area contributed by atoms with E-state index in [1.165, 1.54) is 0 Å². The van der Waals surface area contributed by atoms with Gasteiger partial charge in [0.1, 0.15) is 17.5 Å². The summed E-state index contributed by atoms with van der Waals surface area (Å²) < 4.78 is 2.16. The van der Waals surface area contributed by atoms with Gasteiger partial charge >= 0.3 is 0 Å². The number of anilines is 3. The fraction of sp³-hybridized carbons (Fsp3) is 0.462. The van der Waals surface area contributed by atoms with Crippen LogP contribution in [-0.4, -0.2) is 32.6 Å². The summed E-state index contributed by atoms with van der Waals surface area (Å²) >= 11 is 0. The Bertz CT molecular complexity index is 592. The van der Waals surface area contributed by atoms with Crippen molar-refractivity contribution in [2.45, 2.75) is 26.4 Å². The number of hydrogen-bond acceptors (Lipinski definition) is 6. The molecule has 2 aromatic heterocycles. The van der Waals surface area contributed by atoms with E-state index in [0.29, 0.717) is 5.95 Å². The van der Waals surface area contributed by atoms with Crippen molar-refractivity contribution < 1.29 is 0 Å². The Morgan fingerprint density at radius 3 is 3.10 bits per heavy atom. The highest BCUT2D eigenvalue weighted by molar-refractivity contribution is 5.52. The second-order valence-electron chi connectivity index (χ2n) is 4.85. The average Bonchev–Trinajstić information content (AvgIpc) is 2.92. The van der Waals surface area contributed by atoms with Crippen molar-refractivity contribution >= 4 is 17.6 Å². The first-order chi connectivity index (χ1) is 9.76. The van der Waals surface area contributed by atoms with Crippen molar-refractivity contribution in [3.8, 4) is 0 Å². The fourth-order valence-electron chi connectivity index (χ4n) is 2.33. The Morgan fingerprint density at radius 2 is 2.25 bits per heavy atom. The molecule has 0 saturated carbocycles. The minimum atomic E-state index is 0.301. The number of nitrogens with one attached hydrogen (secondary N) is 1. The van der Waals surface area contributed by atoms with Crippen LogP contribution >= 0.6 is 0 Å². The molecule has 3 N–H and O–H groups in total. The summed E-state index contributed by atoms with van der Waals surface area (Å²) in [6, 6.07) is 1.95. The van der Waals surface area contributed by atoms with E-state index in [9.17, 15) is 0 Å². The molecule has 1 aliphatic heterocycles. The Kier molecular flexibility index (Phi) is 3.41. The molecule has 0 atom stereocenters. The number of imidazole rings is 1. The molecule has 20 heavy (non-hydrogen) atoms. The lowest BCUT2D eigenvalue weighted by atomic mass is 10.3. The van der Waals surface area contributed by atoms with Gasteiger partial charge in [0.25, 0.3) is 0 Å². The average molecular weight is 273 g/mol.